The van der Waals surface area contributed by atoms with Crippen LogP contribution >= 0.6 is 33.9 Å². The van der Waals surface area contributed by atoms with Crippen LogP contribution < -0.4 is 4.72 Å². The van der Waals surface area contributed by atoms with Crippen LogP contribution in [0, 0.1) is 14.7 Å². The van der Waals surface area contributed by atoms with Crippen LogP contribution in [0.5, 0.6) is 0 Å². The lowest BCUT2D eigenvalue weighted by Crippen LogP contribution is -2.40. The smallest absolute Gasteiger partial charge is 0.393 e. The Labute approximate surface area is 220 Å². The molecule has 1 unspecified atom stereocenters. The van der Waals surface area contributed by atoms with Crippen molar-refractivity contribution in [3.63, 3.8) is 0 Å². The highest BCUT2D eigenvalue weighted by Crippen LogP contribution is 2.36. The van der Waals surface area contributed by atoms with Crippen LogP contribution in [0.25, 0.3) is 0 Å². The van der Waals surface area contributed by atoms with Crippen LogP contribution in [0.15, 0.2) is 36.4 Å². The molecule has 1 aliphatic carbocycles. The fourth-order valence-electron chi connectivity index (χ4n) is 3.85. The van der Waals surface area contributed by atoms with E-state index in [1.165, 1.54) is 7.76 Å². The minimum atomic E-state index is -5.69. The highest BCUT2D eigenvalue weighted by Gasteiger charge is 2.46. The first-order chi connectivity index (χ1) is 16.3. The Bertz CT molecular complexity index is 996. The van der Waals surface area contributed by atoms with Gasteiger partial charge < -0.3 is 15.3 Å². The van der Waals surface area contributed by atoms with Crippen molar-refractivity contribution in [1.29, 1.82) is 0 Å². The van der Waals surface area contributed by atoms with E-state index in [0.717, 1.165) is 11.1 Å². The molecule has 0 bridgehead atoms. The number of unbranched alkanes of at least 4 members (excludes halogenated alkanes) is 1. The van der Waals surface area contributed by atoms with Crippen LogP contribution in [0.4, 0.5) is 13.2 Å². The van der Waals surface area contributed by atoms with E-state index in [1.54, 1.807) is 35.6 Å². The number of aliphatic hydroxyl groups is 3. The van der Waals surface area contributed by atoms with Gasteiger partial charge >= 0.3 is 15.5 Å². The van der Waals surface area contributed by atoms with Crippen LogP contribution in [0.1, 0.15) is 43.4 Å². The number of aryl methyl sites for hydroxylation is 1. The largest absolute Gasteiger partial charge is 0.516 e. The summed E-state index contributed by atoms with van der Waals surface area (Å²) in [5.41, 5.74) is -5.54. The molecule has 198 valence electrons. The van der Waals surface area contributed by atoms with Crippen molar-refractivity contribution >= 4 is 49.9 Å². The predicted octanol–water partition coefficient (Wildman–Crippen LogP) is 3.64. The van der Waals surface area contributed by atoms with Gasteiger partial charge in [0.25, 0.3) is 0 Å². The van der Waals surface area contributed by atoms with Gasteiger partial charge in [-0.1, -0.05) is 24.3 Å². The van der Waals surface area contributed by atoms with Gasteiger partial charge in [0.15, 0.2) is 0 Å². The first-order valence-electron chi connectivity index (χ1n) is 11.0. The number of thiophene rings is 1. The third kappa shape index (κ3) is 9.76. The van der Waals surface area contributed by atoms with E-state index in [1.807, 2.05) is 12.1 Å². The lowest BCUT2D eigenvalue weighted by atomic mass is 9.89. The molecule has 7 nitrogen and oxygen atoms in total. The van der Waals surface area contributed by atoms with Crippen molar-refractivity contribution < 1.29 is 41.7 Å². The van der Waals surface area contributed by atoms with Gasteiger partial charge in [0, 0.05) is 23.6 Å². The fraction of sp³-hybridized carbons (Fsp3) is 0.591. The molecular formula is C22H29F3INO6S2. The monoisotopic (exact) mass is 651 g/mol. The molecule has 0 saturated heterocycles. The van der Waals surface area contributed by atoms with E-state index in [-0.39, 0.29) is 24.7 Å². The van der Waals surface area contributed by atoms with Crippen LogP contribution in [-0.2, 0) is 21.2 Å². The maximum atomic E-state index is 12.3. The van der Waals surface area contributed by atoms with Crippen molar-refractivity contribution in [3.8, 4) is 0 Å². The van der Waals surface area contributed by atoms with Gasteiger partial charge in [-0.05, 0) is 72.7 Å². The van der Waals surface area contributed by atoms with E-state index < -0.39 is 46.2 Å². The number of aliphatic hydroxyl groups excluding tert-OH is 3. The summed E-state index contributed by atoms with van der Waals surface area (Å²) in [5.74, 6) is -1.85. The first kappa shape index (κ1) is 30.2. The standard InChI is InChI=1S/C22H29F3INO6S2/c23-22(24,25)35(32,33)27-21(31)6-4-2-1-3-5-16-17(19(30)13-18(16)29)11-8-14(28)7-9-15-10-12-20(26)34-15/h1,3,8,10-12,14,16-19,28-30H,2,4-7,9,13H2,(H,27,31)/t14?,16-,17-,18+,19-/m1/s1. The quantitative estimate of drug-likeness (QED) is 0.156. The van der Waals surface area contributed by atoms with Crippen LogP contribution in [0.2, 0.25) is 0 Å². The van der Waals surface area contributed by atoms with E-state index in [2.05, 4.69) is 22.6 Å². The third-order valence-electron chi connectivity index (χ3n) is 5.69. The summed E-state index contributed by atoms with van der Waals surface area (Å²) in [5, 5.41) is 30.9. The Morgan fingerprint density at radius 3 is 2.60 bits per heavy atom. The van der Waals surface area contributed by atoms with Gasteiger partial charge in [0.05, 0.1) is 21.2 Å². The molecule has 1 aromatic heterocycles. The number of nitrogens with one attached hydrogen (secondary N) is 1. The highest BCUT2D eigenvalue weighted by molar-refractivity contribution is 14.1. The zero-order valence-electron chi connectivity index (χ0n) is 18.7. The molecule has 35 heavy (non-hydrogen) atoms. The number of carbonyl (C=O) groups excluding carboxylic acids is 1. The molecule has 5 atom stereocenters. The third-order valence-corrected chi connectivity index (χ3v) is 8.75. The lowest BCUT2D eigenvalue weighted by Gasteiger charge is -2.19. The van der Waals surface area contributed by atoms with Gasteiger partial charge in [0.1, 0.15) is 0 Å². The van der Waals surface area contributed by atoms with Crippen molar-refractivity contribution in [1.82, 2.24) is 4.72 Å². The average molecular weight is 652 g/mol. The topological polar surface area (TPSA) is 124 Å². The molecule has 0 aromatic carbocycles. The number of rotatable bonds is 12. The molecule has 0 spiro atoms. The molecule has 4 N–H and O–H groups in total. The summed E-state index contributed by atoms with van der Waals surface area (Å²) in [6, 6.07) is 4.05. The molecule has 2 rings (SSSR count). The number of alkyl halides is 3. The highest BCUT2D eigenvalue weighted by atomic mass is 127. The van der Waals surface area contributed by atoms with Crippen molar-refractivity contribution in [2.24, 2.45) is 11.8 Å². The van der Waals surface area contributed by atoms with Gasteiger partial charge in [-0.15, -0.1) is 11.3 Å². The average Bonchev–Trinajstić information content (AvgIpc) is 3.28. The maximum absolute atomic E-state index is 12.3. The summed E-state index contributed by atoms with van der Waals surface area (Å²) in [6.45, 7) is 0. The summed E-state index contributed by atoms with van der Waals surface area (Å²) >= 11 is 3.91. The fourth-order valence-corrected chi connectivity index (χ4v) is 6.13. The number of hydrogen-bond acceptors (Lipinski definition) is 7. The maximum Gasteiger partial charge on any atom is 0.516 e. The van der Waals surface area contributed by atoms with Gasteiger partial charge in [-0.3, -0.25) is 4.79 Å². The zero-order chi connectivity index (χ0) is 26.2. The first-order valence-corrected chi connectivity index (χ1v) is 14.4. The molecule has 1 aromatic rings. The Hall–Kier alpha value is -1.00. The summed E-state index contributed by atoms with van der Waals surface area (Å²) in [6.07, 6.45) is 6.68. The molecule has 0 radical (unpaired) electrons. The summed E-state index contributed by atoms with van der Waals surface area (Å²) < 4.78 is 60.7. The lowest BCUT2D eigenvalue weighted by molar-refractivity contribution is -0.120. The van der Waals surface area contributed by atoms with E-state index in [0.29, 0.717) is 19.3 Å². The summed E-state index contributed by atoms with van der Waals surface area (Å²) in [4.78, 5) is 12.6. The van der Waals surface area contributed by atoms with Gasteiger partial charge in [-0.25, -0.2) is 4.72 Å². The Morgan fingerprint density at radius 2 is 1.97 bits per heavy atom. The van der Waals surface area contributed by atoms with E-state index in [4.69, 9.17) is 0 Å². The van der Waals surface area contributed by atoms with Crippen molar-refractivity contribution in [2.75, 3.05) is 0 Å². The number of sulfonamides is 1. The van der Waals surface area contributed by atoms with Crippen LogP contribution in [0.3, 0.4) is 0 Å². The van der Waals surface area contributed by atoms with E-state index in [9.17, 15) is 41.7 Å². The van der Waals surface area contributed by atoms with Crippen LogP contribution in [-0.4, -0.2) is 53.5 Å². The molecule has 0 aliphatic heterocycles. The minimum Gasteiger partial charge on any atom is -0.393 e. The molecule has 13 heteroatoms. The molecule has 1 aliphatic rings. The SMILES string of the molecule is O=C(CCCC=CC[C@@H]1[C@@H](C=CC(O)CCc2ccc(I)s2)[C@H](O)C[C@@H]1O)NS(=O)(=O)C(F)(F)F. The Morgan fingerprint density at radius 1 is 1.26 bits per heavy atom. The zero-order valence-corrected chi connectivity index (χ0v) is 22.5. The summed E-state index contributed by atoms with van der Waals surface area (Å²) in [7, 11) is -5.69. The number of hydrogen-bond donors (Lipinski definition) is 4. The van der Waals surface area contributed by atoms with Gasteiger partial charge in [-0.2, -0.15) is 21.6 Å². The molecule has 1 fully saturated rings. The van der Waals surface area contributed by atoms with E-state index >= 15 is 0 Å². The molecule has 1 heterocycles. The van der Waals surface area contributed by atoms with Gasteiger partial charge in [0.2, 0.25) is 5.91 Å². The second-order valence-corrected chi connectivity index (χ2v) is 13.1. The molecule has 1 saturated carbocycles. The molecule has 1 amide bonds. The number of amides is 1. The molecular weight excluding hydrogens is 622 g/mol. The number of allylic oxidation sites excluding steroid dienone is 2. The second kappa shape index (κ2) is 13.5. The minimum absolute atomic E-state index is 0.143. The van der Waals surface area contributed by atoms with Crippen molar-refractivity contribution in [2.45, 2.75) is 68.8 Å². The normalized spacial score (nSPS) is 24.4. The number of halogens is 4. The van der Waals surface area contributed by atoms with Crippen molar-refractivity contribution in [3.05, 3.63) is 44.2 Å². The Balaban J connectivity index is 1.77. The second-order valence-electron chi connectivity index (χ2n) is 8.38. The number of carbonyl (C=O) groups is 1. The Kier molecular flexibility index (Phi) is 11.7. The predicted molar refractivity (Wildman–Crippen MR) is 135 cm³/mol.